The smallest absolute Gasteiger partial charge is 0.322 e. The molecule has 1 unspecified atom stereocenters. The van der Waals surface area contributed by atoms with Gasteiger partial charge in [0.1, 0.15) is 5.75 Å². The summed E-state index contributed by atoms with van der Waals surface area (Å²) < 4.78 is 6.10. The first-order valence-electron chi connectivity index (χ1n) is 6.50. The second-order valence-electron chi connectivity index (χ2n) is 4.71. The summed E-state index contributed by atoms with van der Waals surface area (Å²) in [6.45, 7) is 0.918. The number of hydrogen-bond acceptors (Lipinski definition) is 6. The summed E-state index contributed by atoms with van der Waals surface area (Å²) in [6.07, 6.45) is 1.99. The Kier molecular flexibility index (Phi) is 3.89. The summed E-state index contributed by atoms with van der Waals surface area (Å²) >= 11 is 3.21. The van der Waals surface area contributed by atoms with Crippen LogP contribution in [0.1, 0.15) is 35.1 Å². The maximum Gasteiger partial charge on any atom is 0.322 e. The van der Waals surface area contributed by atoms with Crippen molar-refractivity contribution < 1.29 is 14.3 Å². The van der Waals surface area contributed by atoms with Gasteiger partial charge in [0.2, 0.25) is 5.89 Å². The van der Waals surface area contributed by atoms with Crippen LogP contribution in [0, 0.1) is 0 Å². The van der Waals surface area contributed by atoms with Crippen molar-refractivity contribution in [1.29, 1.82) is 0 Å². The number of carbonyl (C=O) groups is 1. The Morgan fingerprint density at radius 1 is 1.48 bits per heavy atom. The van der Waals surface area contributed by atoms with Crippen molar-refractivity contribution in [3.8, 4) is 5.75 Å². The largest absolute Gasteiger partial charge is 0.507 e. The number of anilines is 1. The molecule has 1 saturated heterocycles. The van der Waals surface area contributed by atoms with E-state index in [4.69, 9.17) is 4.42 Å². The van der Waals surface area contributed by atoms with E-state index < -0.39 is 5.91 Å². The summed E-state index contributed by atoms with van der Waals surface area (Å²) in [5.41, 5.74) is 0.136. The number of aromatic nitrogens is 2. The number of aromatic hydroxyl groups is 1. The average Bonchev–Trinajstić information content (AvgIpc) is 3.08. The van der Waals surface area contributed by atoms with Crippen LogP contribution in [-0.2, 0) is 0 Å². The lowest BCUT2D eigenvalue weighted by Crippen LogP contribution is -2.13. The normalized spacial score (nSPS) is 17.9. The standard InChI is InChI=1S/C13H13BrN4O3/c14-7-3-4-8(10(19)6-7)11(20)16-13-18-17-12(21-13)9-2-1-5-15-9/h3-4,6,9,15,19H,1-2,5H2,(H,16,18,20). The van der Waals surface area contributed by atoms with Gasteiger partial charge in [-0.25, -0.2) is 0 Å². The van der Waals surface area contributed by atoms with Crippen molar-refractivity contribution in [1.82, 2.24) is 15.5 Å². The molecule has 1 atom stereocenters. The Morgan fingerprint density at radius 2 is 2.33 bits per heavy atom. The van der Waals surface area contributed by atoms with E-state index >= 15 is 0 Å². The summed E-state index contributed by atoms with van der Waals surface area (Å²) in [5.74, 6) is -0.170. The Bertz CT molecular complexity index is 667. The molecule has 1 aliphatic heterocycles. The van der Waals surface area contributed by atoms with Gasteiger partial charge in [-0.15, -0.1) is 5.10 Å². The fraction of sp³-hybridized carbons (Fsp3) is 0.308. The van der Waals surface area contributed by atoms with E-state index in [2.05, 4.69) is 36.8 Å². The number of phenolic OH excluding ortho intramolecular Hbond substituents is 1. The molecule has 1 aromatic heterocycles. The van der Waals surface area contributed by atoms with Crippen LogP contribution in [0.15, 0.2) is 27.1 Å². The minimum Gasteiger partial charge on any atom is -0.507 e. The zero-order valence-electron chi connectivity index (χ0n) is 11.0. The lowest BCUT2D eigenvalue weighted by molar-refractivity contribution is 0.102. The number of nitrogens with zero attached hydrogens (tertiary/aromatic N) is 2. The molecule has 1 amide bonds. The van der Waals surface area contributed by atoms with Gasteiger partial charge in [-0.2, -0.15) is 0 Å². The summed E-state index contributed by atoms with van der Waals surface area (Å²) in [6, 6.07) is 4.67. The van der Waals surface area contributed by atoms with E-state index in [1.165, 1.54) is 12.1 Å². The van der Waals surface area contributed by atoms with E-state index in [0.29, 0.717) is 10.4 Å². The molecule has 0 radical (unpaired) electrons. The molecule has 0 aliphatic carbocycles. The van der Waals surface area contributed by atoms with Crippen LogP contribution in [0.2, 0.25) is 0 Å². The monoisotopic (exact) mass is 352 g/mol. The molecule has 1 fully saturated rings. The highest BCUT2D eigenvalue weighted by atomic mass is 79.9. The van der Waals surface area contributed by atoms with Gasteiger partial charge in [0.05, 0.1) is 11.6 Å². The van der Waals surface area contributed by atoms with Crippen LogP contribution >= 0.6 is 15.9 Å². The van der Waals surface area contributed by atoms with Crippen molar-refractivity contribution in [3.63, 3.8) is 0 Å². The fourth-order valence-corrected chi connectivity index (χ4v) is 2.53. The van der Waals surface area contributed by atoms with Gasteiger partial charge in [0.25, 0.3) is 5.91 Å². The second-order valence-corrected chi connectivity index (χ2v) is 5.63. The first-order valence-corrected chi connectivity index (χ1v) is 7.29. The van der Waals surface area contributed by atoms with Crippen molar-refractivity contribution >= 4 is 27.9 Å². The maximum absolute atomic E-state index is 12.0. The van der Waals surface area contributed by atoms with Crippen molar-refractivity contribution in [2.75, 3.05) is 11.9 Å². The number of hydrogen-bond donors (Lipinski definition) is 3. The highest BCUT2D eigenvalue weighted by Gasteiger charge is 2.23. The van der Waals surface area contributed by atoms with Crippen LogP contribution in [-0.4, -0.2) is 27.8 Å². The molecule has 110 valence electrons. The number of phenols is 1. The number of carbonyl (C=O) groups excluding carboxylic acids is 1. The van der Waals surface area contributed by atoms with Gasteiger partial charge in [0, 0.05) is 4.47 Å². The van der Waals surface area contributed by atoms with Crippen molar-refractivity contribution in [3.05, 3.63) is 34.1 Å². The molecular weight excluding hydrogens is 340 g/mol. The lowest BCUT2D eigenvalue weighted by Gasteiger charge is -2.04. The van der Waals surface area contributed by atoms with Crippen molar-refractivity contribution in [2.24, 2.45) is 0 Å². The van der Waals surface area contributed by atoms with Crippen LogP contribution in [0.5, 0.6) is 5.75 Å². The molecule has 3 N–H and O–H groups in total. The molecule has 0 spiro atoms. The molecule has 0 saturated carbocycles. The molecule has 2 heterocycles. The molecule has 0 bridgehead atoms. The summed E-state index contributed by atoms with van der Waals surface area (Å²) in [7, 11) is 0. The van der Waals surface area contributed by atoms with Crippen molar-refractivity contribution in [2.45, 2.75) is 18.9 Å². The minimum absolute atomic E-state index is 0.0195. The minimum atomic E-state index is -0.505. The molecule has 3 rings (SSSR count). The number of amides is 1. The Balaban J connectivity index is 1.72. The Labute approximate surface area is 128 Å². The third-order valence-corrected chi connectivity index (χ3v) is 3.72. The quantitative estimate of drug-likeness (QED) is 0.782. The number of rotatable bonds is 3. The summed E-state index contributed by atoms with van der Waals surface area (Å²) in [4.78, 5) is 12.0. The van der Waals surface area contributed by atoms with Crippen LogP contribution < -0.4 is 10.6 Å². The molecule has 8 heteroatoms. The molecule has 2 aromatic rings. The average molecular weight is 353 g/mol. The second kappa shape index (κ2) is 5.82. The van der Waals surface area contributed by atoms with Gasteiger partial charge in [-0.1, -0.05) is 21.0 Å². The number of halogens is 1. The predicted molar refractivity (Wildman–Crippen MR) is 78.0 cm³/mol. The highest BCUT2D eigenvalue weighted by Crippen LogP contribution is 2.25. The van der Waals surface area contributed by atoms with Gasteiger partial charge >= 0.3 is 6.01 Å². The topological polar surface area (TPSA) is 100 Å². The third kappa shape index (κ3) is 3.06. The fourth-order valence-electron chi connectivity index (χ4n) is 2.18. The zero-order chi connectivity index (χ0) is 14.8. The number of nitrogens with one attached hydrogen (secondary N) is 2. The van der Waals surface area contributed by atoms with E-state index in [1.807, 2.05) is 0 Å². The van der Waals surface area contributed by atoms with E-state index in [1.54, 1.807) is 6.07 Å². The predicted octanol–water partition coefficient (Wildman–Crippen LogP) is 2.21. The molecule has 7 nitrogen and oxygen atoms in total. The Hall–Kier alpha value is -1.93. The Morgan fingerprint density at radius 3 is 3.05 bits per heavy atom. The lowest BCUT2D eigenvalue weighted by atomic mass is 10.2. The van der Waals surface area contributed by atoms with E-state index in [-0.39, 0.29) is 23.4 Å². The van der Waals surface area contributed by atoms with Gasteiger partial charge in [0.15, 0.2) is 0 Å². The third-order valence-electron chi connectivity index (χ3n) is 3.22. The first-order chi connectivity index (χ1) is 10.1. The highest BCUT2D eigenvalue weighted by molar-refractivity contribution is 9.10. The number of benzene rings is 1. The van der Waals surface area contributed by atoms with E-state index in [0.717, 1.165) is 19.4 Å². The first kappa shape index (κ1) is 14.0. The zero-order valence-corrected chi connectivity index (χ0v) is 12.6. The van der Waals surface area contributed by atoms with E-state index in [9.17, 15) is 9.90 Å². The molecular formula is C13H13BrN4O3. The summed E-state index contributed by atoms with van der Waals surface area (Å²) in [5, 5.41) is 23.2. The maximum atomic E-state index is 12.0. The van der Waals surface area contributed by atoms with Crippen LogP contribution in [0.25, 0.3) is 0 Å². The van der Waals surface area contributed by atoms with Gasteiger partial charge in [-0.05, 0) is 37.6 Å². The molecule has 1 aliphatic rings. The van der Waals surface area contributed by atoms with Crippen LogP contribution in [0.3, 0.4) is 0 Å². The molecule has 1 aromatic carbocycles. The SMILES string of the molecule is O=C(Nc1nnc(C2CCCN2)o1)c1ccc(Br)cc1O. The van der Waals surface area contributed by atoms with Gasteiger partial charge < -0.3 is 14.8 Å². The molecule has 21 heavy (non-hydrogen) atoms. The van der Waals surface area contributed by atoms with Gasteiger partial charge in [-0.3, -0.25) is 10.1 Å². The van der Waals surface area contributed by atoms with Crippen LogP contribution in [0.4, 0.5) is 6.01 Å².